The second kappa shape index (κ2) is 9.27. The predicted molar refractivity (Wildman–Crippen MR) is 111 cm³/mol. The molecule has 0 spiro atoms. The minimum Gasteiger partial charge on any atom is -0.497 e. The van der Waals surface area contributed by atoms with Gasteiger partial charge in [0.2, 0.25) is 15.9 Å². The summed E-state index contributed by atoms with van der Waals surface area (Å²) < 4.78 is 36.3. The van der Waals surface area contributed by atoms with Crippen molar-refractivity contribution in [2.24, 2.45) is 0 Å². The number of methoxy groups -OCH3 is 1. The Kier molecular flexibility index (Phi) is 7.06. The van der Waals surface area contributed by atoms with E-state index in [-0.39, 0.29) is 0 Å². The minimum absolute atomic E-state index is 0.340. The van der Waals surface area contributed by atoms with Crippen LogP contribution in [-0.4, -0.2) is 40.3 Å². The molecule has 0 radical (unpaired) electrons. The quantitative estimate of drug-likeness (QED) is 0.650. The Morgan fingerprint density at radius 1 is 1.21 bits per heavy atom. The number of hydrogen-bond donors (Lipinski definition) is 1. The monoisotopic (exact) mass is 404 g/mol. The highest BCUT2D eigenvalue weighted by Crippen LogP contribution is 2.25. The van der Waals surface area contributed by atoms with Crippen molar-refractivity contribution < 1.29 is 22.7 Å². The van der Waals surface area contributed by atoms with Gasteiger partial charge in [-0.15, -0.1) is 0 Å². The predicted octanol–water partition coefficient (Wildman–Crippen LogP) is 3.05. The van der Waals surface area contributed by atoms with Gasteiger partial charge in [0.15, 0.2) is 0 Å². The van der Waals surface area contributed by atoms with Crippen molar-refractivity contribution >= 4 is 27.3 Å². The van der Waals surface area contributed by atoms with Gasteiger partial charge in [-0.2, -0.15) is 0 Å². The number of nitrogens with one attached hydrogen (secondary N) is 1. The second-order valence-electron chi connectivity index (χ2n) is 6.05. The zero-order valence-corrected chi connectivity index (χ0v) is 16.9. The highest BCUT2D eigenvalue weighted by Gasteiger charge is 2.29. The number of carbonyl (C=O) groups is 1. The third kappa shape index (κ3) is 5.50. The molecule has 0 saturated heterocycles. The van der Waals surface area contributed by atoms with Crippen molar-refractivity contribution in [3.05, 3.63) is 61.2 Å². The fraction of sp³-hybridized carbons (Fsp3) is 0.250. The molecule has 0 aliphatic rings. The largest absolute Gasteiger partial charge is 0.497 e. The molecule has 0 fully saturated rings. The molecule has 1 atom stereocenters. The lowest BCUT2D eigenvalue weighted by Gasteiger charge is -2.28. The average molecular weight is 404 g/mol. The van der Waals surface area contributed by atoms with E-state index in [1.165, 1.54) is 14.0 Å². The number of ether oxygens (including phenoxy) is 2. The fourth-order valence-electron chi connectivity index (χ4n) is 2.60. The summed E-state index contributed by atoms with van der Waals surface area (Å²) in [6, 6.07) is 12.3. The van der Waals surface area contributed by atoms with Crippen molar-refractivity contribution in [2.75, 3.05) is 29.6 Å². The average Bonchev–Trinajstić information content (AvgIpc) is 2.66. The molecule has 1 amide bonds. The zero-order valence-electron chi connectivity index (χ0n) is 16.1. The number of nitrogens with zero attached hydrogens (tertiary/aromatic N) is 1. The van der Waals surface area contributed by atoms with E-state index in [9.17, 15) is 13.2 Å². The number of amides is 1. The van der Waals surface area contributed by atoms with E-state index < -0.39 is 22.0 Å². The summed E-state index contributed by atoms with van der Waals surface area (Å²) in [5, 5.41) is 2.73. The molecule has 0 heterocycles. The Morgan fingerprint density at radius 2 is 1.89 bits per heavy atom. The minimum atomic E-state index is -3.70. The number of carbonyl (C=O) groups excluding carboxylic acids is 1. The molecule has 0 aliphatic carbocycles. The van der Waals surface area contributed by atoms with Gasteiger partial charge in [0.05, 0.1) is 19.1 Å². The number of anilines is 2. The fourth-order valence-corrected chi connectivity index (χ4v) is 3.78. The summed E-state index contributed by atoms with van der Waals surface area (Å²) in [5.41, 5.74) is 0.871. The third-order valence-electron chi connectivity index (χ3n) is 3.88. The lowest BCUT2D eigenvalue weighted by molar-refractivity contribution is -0.116. The molecule has 0 bridgehead atoms. The summed E-state index contributed by atoms with van der Waals surface area (Å²) in [6.07, 6.45) is 2.68. The third-order valence-corrected chi connectivity index (χ3v) is 5.13. The van der Waals surface area contributed by atoms with Gasteiger partial charge >= 0.3 is 0 Å². The lowest BCUT2D eigenvalue weighted by atomic mass is 10.2. The first-order chi connectivity index (χ1) is 13.3. The maximum Gasteiger partial charge on any atom is 0.247 e. The Morgan fingerprint density at radius 3 is 2.46 bits per heavy atom. The smallest absolute Gasteiger partial charge is 0.247 e. The molecule has 0 aromatic heterocycles. The van der Waals surface area contributed by atoms with Gasteiger partial charge in [-0.25, -0.2) is 8.42 Å². The number of hydrogen-bond acceptors (Lipinski definition) is 5. The normalized spacial score (nSPS) is 12.0. The van der Waals surface area contributed by atoms with Crippen LogP contribution in [0.2, 0.25) is 0 Å². The van der Waals surface area contributed by atoms with Crippen LogP contribution >= 0.6 is 0 Å². The highest BCUT2D eigenvalue weighted by atomic mass is 32.2. The van der Waals surface area contributed by atoms with Crippen LogP contribution in [0.4, 0.5) is 11.4 Å². The molecule has 8 heteroatoms. The van der Waals surface area contributed by atoms with Crippen LogP contribution in [0.5, 0.6) is 11.5 Å². The van der Waals surface area contributed by atoms with Crippen molar-refractivity contribution in [1.82, 2.24) is 0 Å². The molecule has 150 valence electrons. The zero-order chi connectivity index (χ0) is 20.7. The second-order valence-corrected chi connectivity index (χ2v) is 7.91. The van der Waals surface area contributed by atoms with E-state index in [1.54, 1.807) is 54.6 Å². The summed E-state index contributed by atoms with van der Waals surface area (Å²) in [7, 11) is -2.18. The molecular formula is C20H24N2O5S. The van der Waals surface area contributed by atoms with Crippen molar-refractivity contribution in [1.29, 1.82) is 0 Å². The first-order valence-electron chi connectivity index (χ1n) is 8.54. The number of sulfonamides is 1. The molecule has 1 N–H and O–H groups in total. The molecular weight excluding hydrogens is 380 g/mol. The molecule has 2 aromatic carbocycles. The van der Waals surface area contributed by atoms with Crippen LogP contribution in [0.25, 0.3) is 0 Å². The van der Waals surface area contributed by atoms with Crippen LogP contribution in [0.1, 0.15) is 6.92 Å². The summed E-state index contributed by atoms with van der Waals surface area (Å²) in [6.45, 7) is 5.45. The summed E-state index contributed by atoms with van der Waals surface area (Å²) >= 11 is 0. The van der Waals surface area contributed by atoms with Gasteiger partial charge in [-0.1, -0.05) is 18.7 Å². The van der Waals surface area contributed by atoms with Crippen LogP contribution in [-0.2, 0) is 14.8 Å². The van der Waals surface area contributed by atoms with Gasteiger partial charge in [0.1, 0.15) is 24.1 Å². The van der Waals surface area contributed by atoms with E-state index >= 15 is 0 Å². The summed E-state index contributed by atoms with van der Waals surface area (Å²) in [5.74, 6) is 0.688. The lowest BCUT2D eigenvalue weighted by Crippen LogP contribution is -2.45. The molecule has 0 aliphatic heterocycles. The molecule has 0 unspecified atom stereocenters. The molecule has 0 saturated carbocycles. The summed E-state index contributed by atoms with van der Waals surface area (Å²) in [4.78, 5) is 12.7. The number of rotatable bonds is 9. The van der Waals surface area contributed by atoms with Crippen molar-refractivity contribution in [3.63, 3.8) is 0 Å². The SMILES string of the molecule is C=CCOc1cccc(NC(=O)[C@H](C)N(c2ccc(OC)cc2)S(C)(=O)=O)c1. The Labute approximate surface area is 165 Å². The maximum atomic E-state index is 12.7. The van der Waals surface area contributed by atoms with Gasteiger partial charge in [-0.3, -0.25) is 9.10 Å². The standard InChI is InChI=1S/C20H24N2O5S/c1-5-13-27-19-8-6-7-16(14-19)21-20(23)15(2)22(28(4,24)25)17-9-11-18(26-3)12-10-17/h5-12,14-15H,1,13H2,2-4H3,(H,21,23)/t15-/m0/s1. The maximum absolute atomic E-state index is 12.7. The van der Waals surface area contributed by atoms with Gasteiger partial charge in [0, 0.05) is 11.8 Å². The van der Waals surface area contributed by atoms with Crippen LogP contribution < -0.4 is 19.1 Å². The van der Waals surface area contributed by atoms with Crippen molar-refractivity contribution in [2.45, 2.75) is 13.0 Å². The van der Waals surface area contributed by atoms with E-state index in [0.29, 0.717) is 29.5 Å². The highest BCUT2D eigenvalue weighted by molar-refractivity contribution is 7.92. The van der Waals surface area contributed by atoms with E-state index in [0.717, 1.165) is 10.6 Å². The Hall–Kier alpha value is -3.00. The van der Waals surface area contributed by atoms with E-state index in [1.807, 2.05) is 0 Å². The first-order valence-corrected chi connectivity index (χ1v) is 10.4. The molecule has 2 aromatic rings. The Balaban J connectivity index is 2.23. The topological polar surface area (TPSA) is 84.9 Å². The van der Waals surface area contributed by atoms with Crippen LogP contribution in [0.3, 0.4) is 0 Å². The molecule has 2 rings (SSSR count). The van der Waals surface area contributed by atoms with Gasteiger partial charge in [-0.05, 0) is 43.3 Å². The van der Waals surface area contributed by atoms with E-state index in [4.69, 9.17) is 9.47 Å². The molecule has 7 nitrogen and oxygen atoms in total. The Bertz CT molecular complexity index is 926. The van der Waals surface area contributed by atoms with Crippen LogP contribution in [0.15, 0.2) is 61.2 Å². The first kappa shape index (κ1) is 21.3. The molecule has 28 heavy (non-hydrogen) atoms. The van der Waals surface area contributed by atoms with Gasteiger partial charge < -0.3 is 14.8 Å². The number of benzene rings is 2. The van der Waals surface area contributed by atoms with Crippen LogP contribution in [0, 0.1) is 0 Å². The van der Waals surface area contributed by atoms with Crippen molar-refractivity contribution in [3.8, 4) is 11.5 Å². The van der Waals surface area contributed by atoms with Gasteiger partial charge in [0.25, 0.3) is 0 Å². The van der Waals surface area contributed by atoms with E-state index in [2.05, 4.69) is 11.9 Å².